The van der Waals surface area contributed by atoms with E-state index >= 15 is 0 Å². The van der Waals surface area contributed by atoms with Gasteiger partial charge >= 0.3 is 0 Å². The van der Waals surface area contributed by atoms with Gasteiger partial charge in [0.2, 0.25) is 15.9 Å². The standard InChI is InChI=1S/C19H23N3O5S/c1-3-20-18(23)13-21-19(24)15-10-8-14(9-11-15)12-22-28(25,26)17-7-5-4-6-16(17)27-2/h4-11,22H,3,12-13H2,1-2H3,(H,20,23)(H,21,24). The first-order valence-electron chi connectivity index (χ1n) is 8.64. The average molecular weight is 405 g/mol. The summed E-state index contributed by atoms with van der Waals surface area (Å²) >= 11 is 0. The molecule has 0 unspecified atom stereocenters. The van der Waals surface area contributed by atoms with Crippen molar-refractivity contribution >= 4 is 21.8 Å². The van der Waals surface area contributed by atoms with E-state index < -0.39 is 10.0 Å². The highest BCUT2D eigenvalue weighted by molar-refractivity contribution is 7.89. The van der Waals surface area contributed by atoms with Crippen LogP contribution in [-0.2, 0) is 21.4 Å². The van der Waals surface area contributed by atoms with E-state index in [1.54, 1.807) is 49.4 Å². The van der Waals surface area contributed by atoms with E-state index in [-0.39, 0.29) is 35.5 Å². The molecule has 0 saturated heterocycles. The molecule has 0 aliphatic rings. The van der Waals surface area contributed by atoms with Gasteiger partial charge in [0, 0.05) is 18.7 Å². The highest BCUT2D eigenvalue weighted by atomic mass is 32.2. The smallest absolute Gasteiger partial charge is 0.251 e. The molecule has 0 fully saturated rings. The van der Waals surface area contributed by atoms with Crippen molar-refractivity contribution in [3.63, 3.8) is 0 Å². The van der Waals surface area contributed by atoms with Crippen LogP contribution in [0.2, 0.25) is 0 Å². The zero-order valence-electron chi connectivity index (χ0n) is 15.7. The molecular formula is C19H23N3O5S. The second-order valence-electron chi connectivity index (χ2n) is 5.81. The summed E-state index contributed by atoms with van der Waals surface area (Å²) in [6.45, 7) is 2.24. The number of nitrogens with one attached hydrogen (secondary N) is 3. The van der Waals surface area contributed by atoms with E-state index in [2.05, 4.69) is 15.4 Å². The molecule has 150 valence electrons. The van der Waals surface area contributed by atoms with Gasteiger partial charge in [0.25, 0.3) is 5.91 Å². The zero-order chi connectivity index (χ0) is 20.6. The number of ether oxygens (including phenoxy) is 1. The minimum Gasteiger partial charge on any atom is -0.495 e. The monoisotopic (exact) mass is 405 g/mol. The van der Waals surface area contributed by atoms with Gasteiger partial charge in [-0.05, 0) is 36.8 Å². The van der Waals surface area contributed by atoms with Crippen LogP contribution in [0, 0.1) is 0 Å². The fourth-order valence-electron chi connectivity index (χ4n) is 2.39. The molecule has 0 bridgehead atoms. The molecule has 0 aliphatic carbocycles. The summed E-state index contributed by atoms with van der Waals surface area (Å²) in [5.41, 5.74) is 1.05. The van der Waals surface area contributed by atoms with Gasteiger partial charge in [0.15, 0.2) is 0 Å². The molecule has 0 aliphatic heterocycles. The van der Waals surface area contributed by atoms with E-state index in [0.717, 1.165) is 0 Å². The van der Waals surface area contributed by atoms with Crippen molar-refractivity contribution in [3.8, 4) is 5.75 Å². The molecule has 8 nitrogen and oxygen atoms in total. The number of benzene rings is 2. The molecule has 0 aromatic heterocycles. The van der Waals surface area contributed by atoms with Crippen molar-refractivity contribution in [2.45, 2.75) is 18.4 Å². The Balaban J connectivity index is 1.97. The van der Waals surface area contributed by atoms with Crippen LogP contribution in [0.1, 0.15) is 22.8 Å². The van der Waals surface area contributed by atoms with E-state index in [4.69, 9.17) is 4.74 Å². The first kappa shape index (κ1) is 21.4. The second kappa shape index (κ2) is 9.86. The first-order chi connectivity index (χ1) is 13.4. The summed E-state index contributed by atoms with van der Waals surface area (Å²) in [6.07, 6.45) is 0. The SMILES string of the molecule is CCNC(=O)CNC(=O)c1ccc(CNS(=O)(=O)c2ccccc2OC)cc1. The van der Waals surface area contributed by atoms with Gasteiger partial charge in [0.05, 0.1) is 13.7 Å². The highest BCUT2D eigenvalue weighted by Crippen LogP contribution is 2.22. The summed E-state index contributed by atoms with van der Waals surface area (Å²) in [5, 5.41) is 5.10. The van der Waals surface area contributed by atoms with E-state index in [1.807, 2.05) is 0 Å². The Morgan fingerprint density at radius 2 is 1.68 bits per heavy atom. The number of hydrogen-bond acceptors (Lipinski definition) is 5. The number of amides is 2. The topological polar surface area (TPSA) is 114 Å². The lowest BCUT2D eigenvalue weighted by molar-refractivity contribution is -0.120. The van der Waals surface area contributed by atoms with Crippen LogP contribution >= 0.6 is 0 Å². The fourth-order valence-corrected chi connectivity index (χ4v) is 3.58. The van der Waals surface area contributed by atoms with Crippen LogP contribution in [-0.4, -0.2) is 40.4 Å². The Labute approximate surface area is 164 Å². The van der Waals surface area contributed by atoms with Crippen molar-refractivity contribution in [2.75, 3.05) is 20.2 Å². The van der Waals surface area contributed by atoms with Gasteiger partial charge in [-0.1, -0.05) is 24.3 Å². The van der Waals surface area contributed by atoms with Crippen molar-refractivity contribution in [1.82, 2.24) is 15.4 Å². The maximum absolute atomic E-state index is 12.5. The molecule has 0 radical (unpaired) electrons. The van der Waals surface area contributed by atoms with Crippen molar-refractivity contribution in [2.24, 2.45) is 0 Å². The maximum atomic E-state index is 12.5. The number of rotatable bonds is 9. The van der Waals surface area contributed by atoms with Crippen molar-refractivity contribution in [1.29, 1.82) is 0 Å². The van der Waals surface area contributed by atoms with E-state index in [1.165, 1.54) is 13.2 Å². The predicted octanol–water partition coefficient (Wildman–Crippen LogP) is 1.04. The van der Waals surface area contributed by atoms with Crippen LogP contribution in [0.5, 0.6) is 5.75 Å². The number of hydrogen-bond donors (Lipinski definition) is 3. The molecule has 0 heterocycles. The number of carbonyl (C=O) groups excluding carboxylic acids is 2. The maximum Gasteiger partial charge on any atom is 0.251 e. The molecular weight excluding hydrogens is 382 g/mol. The van der Waals surface area contributed by atoms with Gasteiger partial charge in [-0.2, -0.15) is 0 Å². The summed E-state index contributed by atoms with van der Waals surface area (Å²) in [4.78, 5) is 23.5. The molecule has 28 heavy (non-hydrogen) atoms. The Bertz CT molecular complexity index is 927. The molecule has 0 spiro atoms. The summed E-state index contributed by atoms with van der Waals surface area (Å²) in [5.74, 6) is -0.389. The Hall–Kier alpha value is -2.91. The van der Waals surface area contributed by atoms with Gasteiger partial charge in [-0.3, -0.25) is 9.59 Å². The van der Waals surface area contributed by atoms with Crippen LogP contribution < -0.4 is 20.1 Å². The largest absolute Gasteiger partial charge is 0.495 e. The quantitative estimate of drug-likeness (QED) is 0.577. The van der Waals surface area contributed by atoms with E-state index in [9.17, 15) is 18.0 Å². The molecule has 0 atom stereocenters. The molecule has 3 N–H and O–H groups in total. The van der Waals surface area contributed by atoms with Gasteiger partial charge in [-0.25, -0.2) is 13.1 Å². The summed E-state index contributed by atoms with van der Waals surface area (Å²) < 4.78 is 32.5. The minimum atomic E-state index is -3.75. The molecule has 0 saturated carbocycles. The van der Waals surface area contributed by atoms with Crippen molar-refractivity contribution < 1.29 is 22.7 Å². The second-order valence-corrected chi connectivity index (χ2v) is 7.54. The molecule has 9 heteroatoms. The van der Waals surface area contributed by atoms with Crippen LogP contribution in [0.4, 0.5) is 0 Å². The molecule has 2 amide bonds. The number of sulfonamides is 1. The highest BCUT2D eigenvalue weighted by Gasteiger charge is 2.18. The third-order valence-electron chi connectivity index (χ3n) is 3.82. The van der Waals surface area contributed by atoms with Crippen LogP contribution in [0.3, 0.4) is 0 Å². The number of methoxy groups -OCH3 is 1. The van der Waals surface area contributed by atoms with Gasteiger partial charge < -0.3 is 15.4 Å². The zero-order valence-corrected chi connectivity index (χ0v) is 16.5. The molecule has 2 aromatic carbocycles. The molecule has 2 aromatic rings. The van der Waals surface area contributed by atoms with Crippen LogP contribution in [0.15, 0.2) is 53.4 Å². The third-order valence-corrected chi connectivity index (χ3v) is 5.27. The fraction of sp³-hybridized carbons (Fsp3) is 0.263. The number of likely N-dealkylation sites (N-methyl/N-ethyl adjacent to an activating group) is 1. The Kier molecular flexibility index (Phi) is 7.53. The lowest BCUT2D eigenvalue weighted by Crippen LogP contribution is -2.36. The Morgan fingerprint density at radius 3 is 2.32 bits per heavy atom. The summed E-state index contributed by atoms with van der Waals surface area (Å²) in [6, 6.07) is 12.8. The number of carbonyl (C=O) groups is 2. The lowest BCUT2D eigenvalue weighted by atomic mass is 10.1. The summed E-state index contributed by atoms with van der Waals surface area (Å²) in [7, 11) is -2.34. The predicted molar refractivity (Wildman–Crippen MR) is 104 cm³/mol. The Morgan fingerprint density at radius 1 is 1.00 bits per heavy atom. The van der Waals surface area contributed by atoms with Gasteiger partial charge in [0.1, 0.15) is 10.6 Å². The average Bonchev–Trinajstić information content (AvgIpc) is 2.71. The first-order valence-corrected chi connectivity index (χ1v) is 10.1. The number of para-hydroxylation sites is 1. The lowest BCUT2D eigenvalue weighted by Gasteiger charge is -2.11. The van der Waals surface area contributed by atoms with E-state index in [0.29, 0.717) is 17.7 Å². The molecule has 2 rings (SSSR count). The van der Waals surface area contributed by atoms with Crippen molar-refractivity contribution in [3.05, 3.63) is 59.7 Å². The normalized spacial score (nSPS) is 10.9. The third kappa shape index (κ3) is 5.80. The minimum absolute atomic E-state index is 0.0545. The van der Waals surface area contributed by atoms with Gasteiger partial charge in [-0.15, -0.1) is 0 Å². The van der Waals surface area contributed by atoms with Crippen LogP contribution in [0.25, 0.3) is 0 Å².